The van der Waals surface area contributed by atoms with E-state index in [2.05, 4.69) is 10.5 Å². The van der Waals surface area contributed by atoms with Gasteiger partial charge in [0, 0.05) is 11.8 Å². The first kappa shape index (κ1) is 12.6. The summed E-state index contributed by atoms with van der Waals surface area (Å²) in [5, 5.41) is 6.50. The molecule has 0 spiro atoms. The summed E-state index contributed by atoms with van der Waals surface area (Å²) in [7, 11) is 0. The second-order valence-electron chi connectivity index (χ2n) is 4.03. The number of hydrogen-bond donors (Lipinski definition) is 1. The fourth-order valence-corrected chi connectivity index (χ4v) is 1.80. The Bertz CT molecular complexity index is 558. The van der Waals surface area contributed by atoms with Crippen molar-refractivity contribution in [2.24, 2.45) is 0 Å². The summed E-state index contributed by atoms with van der Waals surface area (Å²) in [6.45, 7) is 3.88. The van der Waals surface area contributed by atoms with Crippen LogP contribution in [-0.2, 0) is 5.88 Å². The number of halogens is 1. The standard InChI is InChI=1S/C13H13ClN2O2/c1-8-4-3-5-9(2)12(8)15-13(17)11-6-10(7-14)18-16-11/h3-6H,7H2,1-2H3,(H,15,17). The summed E-state index contributed by atoms with van der Waals surface area (Å²) >= 11 is 5.59. The monoisotopic (exact) mass is 264 g/mol. The number of benzene rings is 1. The van der Waals surface area contributed by atoms with Gasteiger partial charge in [-0.05, 0) is 25.0 Å². The van der Waals surface area contributed by atoms with E-state index in [1.54, 1.807) is 0 Å². The van der Waals surface area contributed by atoms with Gasteiger partial charge in [0.1, 0.15) is 0 Å². The summed E-state index contributed by atoms with van der Waals surface area (Å²) < 4.78 is 4.89. The quantitative estimate of drug-likeness (QED) is 0.866. The van der Waals surface area contributed by atoms with Crippen molar-refractivity contribution in [1.29, 1.82) is 0 Å². The molecule has 1 aromatic heterocycles. The largest absolute Gasteiger partial charge is 0.359 e. The van der Waals surface area contributed by atoms with Crippen molar-refractivity contribution < 1.29 is 9.32 Å². The second kappa shape index (κ2) is 5.23. The number of nitrogens with one attached hydrogen (secondary N) is 1. The first-order valence-corrected chi connectivity index (χ1v) is 6.04. The minimum atomic E-state index is -0.299. The number of rotatable bonds is 3. The lowest BCUT2D eigenvalue weighted by atomic mass is 10.1. The molecule has 0 aliphatic rings. The number of carbonyl (C=O) groups excluding carboxylic acids is 1. The number of carbonyl (C=O) groups is 1. The number of amides is 1. The van der Waals surface area contributed by atoms with E-state index in [1.165, 1.54) is 6.07 Å². The van der Waals surface area contributed by atoms with Crippen LogP contribution in [0.3, 0.4) is 0 Å². The summed E-state index contributed by atoms with van der Waals surface area (Å²) in [5.74, 6) is 0.375. The van der Waals surface area contributed by atoms with Gasteiger partial charge < -0.3 is 9.84 Å². The molecule has 0 bridgehead atoms. The van der Waals surface area contributed by atoms with Crippen LogP contribution in [0.4, 0.5) is 5.69 Å². The molecule has 0 aliphatic heterocycles. The van der Waals surface area contributed by atoms with Crippen LogP contribution in [0.5, 0.6) is 0 Å². The third-order valence-corrected chi connectivity index (χ3v) is 2.91. The average molecular weight is 265 g/mol. The Morgan fingerprint density at radius 1 is 1.39 bits per heavy atom. The maximum Gasteiger partial charge on any atom is 0.277 e. The molecule has 1 heterocycles. The summed E-state index contributed by atoms with van der Waals surface area (Å²) in [5.41, 5.74) is 3.04. The first-order valence-electron chi connectivity index (χ1n) is 5.51. The first-order chi connectivity index (χ1) is 8.61. The fourth-order valence-electron chi connectivity index (χ4n) is 1.67. The normalized spacial score (nSPS) is 10.4. The topological polar surface area (TPSA) is 55.1 Å². The Morgan fingerprint density at radius 3 is 2.61 bits per heavy atom. The van der Waals surface area contributed by atoms with E-state index in [-0.39, 0.29) is 17.5 Å². The van der Waals surface area contributed by atoms with Gasteiger partial charge in [0.05, 0.1) is 5.88 Å². The molecule has 1 N–H and O–H groups in total. The van der Waals surface area contributed by atoms with E-state index in [0.717, 1.165) is 16.8 Å². The Morgan fingerprint density at radius 2 is 2.06 bits per heavy atom. The highest BCUT2D eigenvalue weighted by Gasteiger charge is 2.14. The Balaban J connectivity index is 2.21. The van der Waals surface area contributed by atoms with E-state index in [4.69, 9.17) is 16.1 Å². The number of nitrogens with zero attached hydrogens (tertiary/aromatic N) is 1. The zero-order valence-corrected chi connectivity index (χ0v) is 10.9. The van der Waals surface area contributed by atoms with Crippen LogP contribution in [0.25, 0.3) is 0 Å². The maximum absolute atomic E-state index is 12.0. The number of aryl methyl sites for hydroxylation is 2. The molecule has 0 unspecified atom stereocenters. The lowest BCUT2D eigenvalue weighted by molar-refractivity contribution is 0.101. The van der Waals surface area contributed by atoms with Gasteiger partial charge in [-0.25, -0.2) is 0 Å². The third-order valence-electron chi connectivity index (χ3n) is 2.64. The van der Waals surface area contributed by atoms with Gasteiger partial charge in [0.2, 0.25) is 0 Å². The van der Waals surface area contributed by atoms with E-state index in [1.807, 2.05) is 32.0 Å². The van der Waals surface area contributed by atoms with Gasteiger partial charge in [0.15, 0.2) is 11.5 Å². The number of anilines is 1. The van der Waals surface area contributed by atoms with Gasteiger partial charge in [0.25, 0.3) is 5.91 Å². The molecule has 5 heteroatoms. The van der Waals surface area contributed by atoms with Crippen LogP contribution in [-0.4, -0.2) is 11.1 Å². The Kier molecular flexibility index (Phi) is 3.67. The molecule has 0 aliphatic carbocycles. The highest BCUT2D eigenvalue weighted by molar-refractivity contribution is 6.16. The highest BCUT2D eigenvalue weighted by atomic mass is 35.5. The van der Waals surface area contributed by atoms with Gasteiger partial charge in [-0.15, -0.1) is 11.6 Å². The van der Waals surface area contributed by atoms with Crippen LogP contribution in [0.15, 0.2) is 28.8 Å². The zero-order valence-electron chi connectivity index (χ0n) is 10.2. The minimum absolute atomic E-state index is 0.198. The molecule has 0 saturated carbocycles. The van der Waals surface area contributed by atoms with Crippen molar-refractivity contribution in [3.8, 4) is 0 Å². The van der Waals surface area contributed by atoms with Crippen LogP contribution in [0.1, 0.15) is 27.4 Å². The zero-order chi connectivity index (χ0) is 13.1. The molecule has 0 fully saturated rings. The smallest absolute Gasteiger partial charge is 0.277 e. The molecule has 0 radical (unpaired) electrons. The Hall–Kier alpha value is -1.81. The van der Waals surface area contributed by atoms with E-state index < -0.39 is 0 Å². The summed E-state index contributed by atoms with van der Waals surface area (Å²) in [4.78, 5) is 12.0. The lowest BCUT2D eigenvalue weighted by Gasteiger charge is -2.09. The molecular weight excluding hydrogens is 252 g/mol. The van der Waals surface area contributed by atoms with Gasteiger partial charge in [-0.2, -0.15) is 0 Å². The maximum atomic E-state index is 12.0. The van der Waals surface area contributed by atoms with E-state index in [9.17, 15) is 4.79 Å². The van der Waals surface area contributed by atoms with Crippen LogP contribution in [0.2, 0.25) is 0 Å². The van der Waals surface area contributed by atoms with Gasteiger partial charge in [-0.3, -0.25) is 4.79 Å². The molecule has 94 valence electrons. The Labute approximate surface area is 110 Å². The molecule has 0 saturated heterocycles. The molecule has 1 amide bonds. The van der Waals surface area contributed by atoms with Crippen molar-refractivity contribution in [2.45, 2.75) is 19.7 Å². The predicted octanol–water partition coefficient (Wildman–Crippen LogP) is 3.28. The summed E-state index contributed by atoms with van der Waals surface area (Å²) in [6.07, 6.45) is 0. The molecule has 2 aromatic rings. The SMILES string of the molecule is Cc1cccc(C)c1NC(=O)c1cc(CCl)on1. The lowest BCUT2D eigenvalue weighted by Crippen LogP contribution is -2.14. The highest BCUT2D eigenvalue weighted by Crippen LogP contribution is 2.20. The minimum Gasteiger partial charge on any atom is -0.359 e. The molecule has 18 heavy (non-hydrogen) atoms. The fraction of sp³-hybridized carbons (Fsp3) is 0.231. The van der Waals surface area contributed by atoms with Crippen molar-refractivity contribution in [3.63, 3.8) is 0 Å². The van der Waals surface area contributed by atoms with Gasteiger partial charge >= 0.3 is 0 Å². The molecule has 2 rings (SSSR count). The van der Waals surface area contributed by atoms with Crippen LogP contribution < -0.4 is 5.32 Å². The summed E-state index contributed by atoms with van der Waals surface area (Å²) in [6, 6.07) is 7.36. The number of aromatic nitrogens is 1. The number of para-hydroxylation sites is 1. The predicted molar refractivity (Wildman–Crippen MR) is 69.9 cm³/mol. The number of alkyl halides is 1. The second-order valence-corrected chi connectivity index (χ2v) is 4.30. The van der Waals surface area contributed by atoms with Gasteiger partial charge in [-0.1, -0.05) is 23.4 Å². The number of hydrogen-bond acceptors (Lipinski definition) is 3. The molecule has 4 nitrogen and oxygen atoms in total. The van der Waals surface area contributed by atoms with Crippen molar-refractivity contribution in [3.05, 3.63) is 46.8 Å². The molecule has 0 atom stereocenters. The van der Waals surface area contributed by atoms with Crippen molar-refractivity contribution in [1.82, 2.24) is 5.16 Å². The molecule has 1 aromatic carbocycles. The van der Waals surface area contributed by atoms with Crippen molar-refractivity contribution >= 4 is 23.2 Å². The van der Waals surface area contributed by atoms with Crippen molar-refractivity contribution in [2.75, 3.05) is 5.32 Å². The third kappa shape index (κ3) is 2.54. The average Bonchev–Trinajstić information content (AvgIpc) is 2.82. The van der Waals surface area contributed by atoms with E-state index in [0.29, 0.717) is 5.76 Å². The van der Waals surface area contributed by atoms with E-state index >= 15 is 0 Å². The van der Waals surface area contributed by atoms with Crippen LogP contribution >= 0.6 is 11.6 Å². The molecular formula is C13H13ClN2O2. The van der Waals surface area contributed by atoms with Crippen LogP contribution in [0, 0.1) is 13.8 Å².